The Morgan fingerprint density at radius 1 is 1.04 bits per heavy atom. The van der Waals surface area contributed by atoms with Crippen molar-refractivity contribution in [1.82, 2.24) is 20.0 Å². The van der Waals surface area contributed by atoms with Crippen LogP contribution in [0.1, 0.15) is 23.2 Å². The standard InChI is InChI=1S/C17H26N4O2S.ClH/c22-16(20-9-4-18-5-10-20)2-8-19-6-1-7-21(12-11-19)17(23)15-3-13-24-14-15;/h3,13-14,18H,1-2,4-12H2;1H. The van der Waals surface area contributed by atoms with Crippen molar-refractivity contribution in [2.24, 2.45) is 0 Å². The largest absolute Gasteiger partial charge is 0.340 e. The van der Waals surface area contributed by atoms with E-state index in [9.17, 15) is 9.59 Å². The van der Waals surface area contributed by atoms with Gasteiger partial charge in [0.15, 0.2) is 0 Å². The third-order valence-corrected chi connectivity index (χ3v) is 5.44. The molecule has 1 N–H and O–H groups in total. The molecule has 8 heteroatoms. The highest BCUT2D eigenvalue weighted by Gasteiger charge is 2.22. The number of hydrogen-bond acceptors (Lipinski definition) is 5. The molecular weight excluding hydrogens is 360 g/mol. The maximum Gasteiger partial charge on any atom is 0.254 e. The SMILES string of the molecule is Cl.O=C(CCN1CCCN(C(=O)c2ccsc2)CC1)N1CCNCC1. The fourth-order valence-corrected chi connectivity index (χ4v) is 3.92. The van der Waals surface area contributed by atoms with Crippen LogP contribution >= 0.6 is 23.7 Å². The van der Waals surface area contributed by atoms with Gasteiger partial charge in [0, 0.05) is 64.2 Å². The number of carbonyl (C=O) groups is 2. The highest BCUT2D eigenvalue weighted by atomic mass is 35.5. The summed E-state index contributed by atoms with van der Waals surface area (Å²) in [5, 5.41) is 7.13. The van der Waals surface area contributed by atoms with Gasteiger partial charge in [-0.25, -0.2) is 0 Å². The summed E-state index contributed by atoms with van der Waals surface area (Å²) in [5.41, 5.74) is 0.794. The number of amides is 2. The van der Waals surface area contributed by atoms with Gasteiger partial charge in [-0.15, -0.1) is 12.4 Å². The molecule has 1 aromatic heterocycles. The van der Waals surface area contributed by atoms with Crippen LogP contribution in [0.4, 0.5) is 0 Å². The smallest absolute Gasteiger partial charge is 0.254 e. The number of carbonyl (C=O) groups excluding carboxylic acids is 2. The van der Waals surface area contributed by atoms with Gasteiger partial charge in [0.25, 0.3) is 5.91 Å². The summed E-state index contributed by atoms with van der Waals surface area (Å²) in [6, 6.07) is 1.89. The maximum atomic E-state index is 12.4. The summed E-state index contributed by atoms with van der Waals surface area (Å²) in [7, 11) is 0. The lowest BCUT2D eigenvalue weighted by atomic mass is 10.3. The van der Waals surface area contributed by atoms with Gasteiger partial charge in [-0.1, -0.05) is 0 Å². The fourth-order valence-electron chi connectivity index (χ4n) is 3.29. The molecule has 140 valence electrons. The van der Waals surface area contributed by atoms with Crippen molar-refractivity contribution in [2.75, 3.05) is 58.9 Å². The van der Waals surface area contributed by atoms with Crippen molar-refractivity contribution in [3.63, 3.8) is 0 Å². The number of halogens is 1. The molecule has 2 aliphatic rings. The van der Waals surface area contributed by atoms with E-state index in [2.05, 4.69) is 10.2 Å². The van der Waals surface area contributed by atoms with Crippen LogP contribution < -0.4 is 5.32 Å². The zero-order valence-electron chi connectivity index (χ0n) is 14.5. The Morgan fingerprint density at radius 3 is 2.56 bits per heavy atom. The first-order valence-corrected chi connectivity index (χ1v) is 9.70. The Morgan fingerprint density at radius 2 is 1.84 bits per heavy atom. The van der Waals surface area contributed by atoms with Gasteiger partial charge in [-0.2, -0.15) is 11.3 Å². The van der Waals surface area contributed by atoms with Gasteiger partial charge in [0.2, 0.25) is 5.91 Å². The highest BCUT2D eigenvalue weighted by molar-refractivity contribution is 7.08. The minimum Gasteiger partial charge on any atom is -0.340 e. The van der Waals surface area contributed by atoms with E-state index >= 15 is 0 Å². The molecule has 0 bridgehead atoms. The first-order valence-electron chi connectivity index (χ1n) is 8.76. The average molecular weight is 387 g/mol. The van der Waals surface area contributed by atoms with Crippen molar-refractivity contribution in [3.8, 4) is 0 Å². The Bertz CT molecular complexity index is 549. The summed E-state index contributed by atoms with van der Waals surface area (Å²) in [5.74, 6) is 0.391. The van der Waals surface area contributed by atoms with Gasteiger partial charge < -0.3 is 20.0 Å². The summed E-state index contributed by atoms with van der Waals surface area (Å²) < 4.78 is 0. The van der Waals surface area contributed by atoms with Crippen molar-refractivity contribution in [3.05, 3.63) is 22.4 Å². The molecule has 0 radical (unpaired) electrons. The van der Waals surface area contributed by atoms with Crippen LogP contribution in [0.25, 0.3) is 0 Å². The van der Waals surface area contributed by atoms with Crippen molar-refractivity contribution in [2.45, 2.75) is 12.8 Å². The second-order valence-corrected chi connectivity index (χ2v) is 7.16. The molecule has 2 aliphatic heterocycles. The average Bonchev–Trinajstić information content (AvgIpc) is 3.06. The highest BCUT2D eigenvalue weighted by Crippen LogP contribution is 2.12. The molecule has 3 rings (SSSR count). The number of rotatable bonds is 4. The molecule has 2 amide bonds. The minimum atomic E-state index is 0. The van der Waals surface area contributed by atoms with E-state index in [0.29, 0.717) is 6.42 Å². The molecule has 6 nitrogen and oxygen atoms in total. The molecule has 1 aromatic rings. The predicted molar refractivity (Wildman–Crippen MR) is 103 cm³/mol. The molecule has 0 unspecified atom stereocenters. The molecule has 0 spiro atoms. The molecule has 0 aliphatic carbocycles. The zero-order valence-corrected chi connectivity index (χ0v) is 16.1. The van der Waals surface area contributed by atoms with E-state index < -0.39 is 0 Å². The lowest BCUT2D eigenvalue weighted by Gasteiger charge is -2.28. The Balaban J connectivity index is 0.00000225. The lowest BCUT2D eigenvalue weighted by molar-refractivity contribution is -0.132. The molecule has 25 heavy (non-hydrogen) atoms. The van der Waals surface area contributed by atoms with Gasteiger partial charge in [-0.3, -0.25) is 9.59 Å². The van der Waals surface area contributed by atoms with Crippen molar-refractivity contribution < 1.29 is 9.59 Å². The van der Waals surface area contributed by atoms with Crippen molar-refractivity contribution in [1.29, 1.82) is 0 Å². The normalized spacial score (nSPS) is 19.2. The topological polar surface area (TPSA) is 55.9 Å². The van der Waals surface area contributed by atoms with Crippen LogP contribution in [0.3, 0.4) is 0 Å². The summed E-state index contributed by atoms with van der Waals surface area (Å²) in [6.07, 6.45) is 1.55. The summed E-state index contributed by atoms with van der Waals surface area (Å²) >= 11 is 1.56. The maximum absolute atomic E-state index is 12.4. The van der Waals surface area contributed by atoms with Gasteiger partial charge in [-0.05, 0) is 24.4 Å². The van der Waals surface area contributed by atoms with Crippen LogP contribution in [0.2, 0.25) is 0 Å². The third-order valence-electron chi connectivity index (χ3n) is 4.76. The predicted octanol–water partition coefficient (Wildman–Crippen LogP) is 1.14. The van der Waals surface area contributed by atoms with Crippen LogP contribution in [0, 0.1) is 0 Å². The van der Waals surface area contributed by atoms with E-state index in [4.69, 9.17) is 0 Å². The van der Waals surface area contributed by atoms with E-state index in [1.807, 2.05) is 26.6 Å². The van der Waals surface area contributed by atoms with Gasteiger partial charge in [0.1, 0.15) is 0 Å². The molecule has 2 fully saturated rings. The molecular formula is C17H27ClN4O2S. The minimum absolute atomic E-state index is 0. The number of nitrogens with zero attached hydrogens (tertiary/aromatic N) is 3. The summed E-state index contributed by atoms with van der Waals surface area (Å²) in [6.45, 7) is 7.59. The Hall–Kier alpha value is -1.15. The number of piperazine rings is 1. The summed E-state index contributed by atoms with van der Waals surface area (Å²) in [4.78, 5) is 30.9. The van der Waals surface area contributed by atoms with Crippen molar-refractivity contribution >= 4 is 35.6 Å². The molecule has 0 aromatic carbocycles. The van der Waals surface area contributed by atoms with Crippen LogP contribution in [-0.2, 0) is 4.79 Å². The molecule has 0 atom stereocenters. The fraction of sp³-hybridized carbons (Fsp3) is 0.647. The van der Waals surface area contributed by atoms with Crippen LogP contribution in [0.5, 0.6) is 0 Å². The van der Waals surface area contributed by atoms with Crippen LogP contribution in [0.15, 0.2) is 16.8 Å². The zero-order chi connectivity index (χ0) is 16.8. The third kappa shape index (κ3) is 5.67. The van der Waals surface area contributed by atoms with Gasteiger partial charge >= 0.3 is 0 Å². The molecule has 3 heterocycles. The first kappa shape index (κ1) is 20.2. The molecule has 0 saturated carbocycles. The van der Waals surface area contributed by atoms with Crippen LogP contribution in [-0.4, -0.2) is 85.4 Å². The van der Waals surface area contributed by atoms with Gasteiger partial charge in [0.05, 0.1) is 5.56 Å². The van der Waals surface area contributed by atoms with E-state index in [1.54, 1.807) is 11.3 Å². The Labute approximate surface area is 159 Å². The number of nitrogens with one attached hydrogen (secondary N) is 1. The quantitative estimate of drug-likeness (QED) is 0.843. The molecule has 2 saturated heterocycles. The van der Waals surface area contributed by atoms with E-state index in [-0.39, 0.29) is 24.2 Å². The number of hydrogen-bond donors (Lipinski definition) is 1. The number of thiophene rings is 1. The van der Waals surface area contributed by atoms with E-state index in [1.165, 1.54) is 0 Å². The second-order valence-electron chi connectivity index (χ2n) is 6.38. The second kappa shape index (κ2) is 10.1. The monoisotopic (exact) mass is 386 g/mol. The van der Waals surface area contributed by atoms with E-state index in [0.717, 1.165) is 70.9 Å². The lowest BCUT2D eigenvalue weighted by Crippen LogP contribution is -2.47. The first-order chi connectivity index (χ1) is 11.7. The Kier molecular flexibility index (Phi) is 8.15.